The number of carbonyl (C=O) groups excluding carboxylic acids is 1. The molecule has 1 amide bonds. The number of hydrogen-bond acceptors (Lipinski definition) is 5. The van der Waals surface area contributed by atoms with E-state index >= 15 is 0 Å². The van der Waals surface area contributed by atoms with Crippen molar-refractivity contribution in [3.63, 3.8) is 0 Å². The Bertz CT molecular complexity index is 483. The molecule has 2 heterocycles. The van der Waals surface area contributed by atoms with Crippen LogP contribution in [0.5, 0.6) is 0 Å². The van der Waals surface area contributed by atoms with Crippen LogP contribution in [0.15, 0.2) is 12.1 Å². The number of halogens is 1. The number of rotatable bonds is 5. The molecule has 1 saturated heterocycles. The fraction of sp³-hybridized carbons (Fsp3) is 0.643. The first-order valence-electron chi connectivity index (χ1n) is 6.94. The largest absolute Gasteiger partial charge is 0.394 e. The third kappa shape index (κ3) is 4.66. The lowest BCUT2D eigenvalue weighted by molar-refractivity contribution is -0.136. The Morgan fingerprint density at radius 1 is 1.62 bits per heavy atom. The highest BCUT2D eigenvalue weighted by Gasteiger charge is 2.27. The molecule has 0 aliphatic carbocycles. The van der Waals surface area contributed by atoms with Crippen molar-refractivity contribution in [2.45, 2.75) is 25.6 Å². The SMILES string of the molecule is CC1COC(CO)CN1CC(=O)N(C)Cc1ccc(Cl)s1. The van der Waals surface area contributed by atoms with Gasteiger partial charge in [-0.15, -0.1) is 11.3 Å². The van der Waals surface area contributed by atoms with E-state index in [-0.39, 0.29) is 24.7 Å². The van der Waals surface area contributed by atoms with E-state index in [0.29, 0.717) is 26.2 Å². The van der Waals surface area contributed by atoms with Crippen molar-refractivity contribution >= 4 is 28.8 Å². The lowest BCUT2D eigenvalue weighted by Gasteiger charge is -2.37. The van der Waals surface area contributed by atoms with E-state index in [2.05, 4.69) is 4.90 Å². The maximum atomic E-state index is 12.3. The zero-order valence-corrected chi connectivity index (χ0v) is 13.9. The molecule has 2 atom stereocenters. The Hall–Kier alpha value is -0.660. The van der Waals surface area contributed by atoms with Crippen LogP contribution in [0.3, 0.4) is 0 Å². The van der Waals surface area contributed by atoms with Crippen LogP contribution >= 0.6 is 22.9 Å². The Kier molecular flexibility index (Phi) is 6.01. The van der Waals surface area contributed by atoms with Gasteiger partial charge in [0.15, 0.2) is 0 Å². The van der Waals surface area contributed by atoms with Crippen LogP contribution in [-0.2, 0) is 16.1 Å². The summed E-state index contributed by atoms with van der Waals surface area (Å²) in [5.41, 5.74) is 0. The van der Waals surface area contributed by atoms with Gasteiger partial charge < -0.3 is 14.7 Å². The van der Waals surface area contributed by atoms with Crippen LogP contribution in [0.25, 0.3) is 0 Å². The number of thiophene rings is 1. The lowest BCUT2D eigenvalue weighted by Crippen LogP contribution is -2.52. The standard InChI is InChI=1S/C14H21ClN2O3S/c1-10-9-20-11(8-18)5-17(10)7-14(19)16(2)6-12-3-4-13(15)21-12/h3-4,10-11,18H,5-9H2,1-2H3. The van der Waals surface area contributed by atoms with Crippen LogP contribution in [0.4, 0.5) is 0 Å². The summed E-state index contributed by atoms with van der Waals surface area (Å²) in [5, 5.41) is 9.18. The van der Waals surface area contributed by atoms with Gasteiger partial charge in [0.05, 0.1) is 36.7 Å². The van der Waals surface area contributed by atoms with E-state index in [9.17, 15) is 9.90 Å². The molecule has 0 saturated carbocycles. The van der Waals surface area contributed by atoms with Crippen molar-refractivity contribution in [1.82, 2.24) is 9.80 Å². The Morgan fingerprint density at radius 2 is 2.38 bits per heavy atom. The fourth-order valence-corrected chi connectivity index (χ4v) is 3.40. The molecule has 21 heavy (non-hydrogen) atoms. The molecule has 2 rings (SSSR count). The topological polar surface area (TPSA) is 53.0 Å². The van der Waals surface area contributed by atoms with Gasteiger partial charge in [0.2, 0.25) is 5.91 Å². The number of nitrogens with zero attached hydrogens (tertiary/aromatic N) is 2. The van der Waals surface area contributed by atoms with Crippen molar-refractivity contribution in [2.24, 2.45) is 0 Å². The monoisotopic (exact) mass is 332 g/mol. The molecule has 1 N–H and O–H groups in total. The number of hydrogen-bond donors (Lipinski definition) is 1. The van der Waals surface area contributed by atoms with Gasteiger partial charge in [-0.2, -0.15) is 0 Å². The summed E-state index contributed by atoms with van der Waals surface area (Å²) in [6, 6.07) is 3.97. The summed E-state index contributed by atoms with van der Waals surface area (Å²) in [5.74, 6) is 0.0602. The first-order valence-corrected chi connectivity index (χ1v) is 8.13. The summed E-state index contributed by atoms with van der Waals surface area (Å²) in [6.45, 7) is 4.06. The van der Waals surface area contributed by atoms with E-state index in [4.69, 9.17) is 16.3 Å². The van der Waals surface area contributed by atoms with E-state index in [1.165, 1.54) is 11.3 Å². The van der Waals surface area contributed by atoms with Gasteiger partial charge in [0, 0.05) is 24.5 Å². The summed E-state index contributed by atoms with van der Waals surface area (Å²) in [6.07, 6.45) is -0.199. The first-order chi connectivity index (χ1) is 9.99. The number of morpholine rings is 1. The molecule has 1 aromatic heterocycles. The van der Waals surface area contributed by atoms with Gasteiger partial charge in [-0.25, -0.2) is 0 Å². The number of aliphatic hydroxyl groups excluding tert-OH is 1. The minimum absolute atomic E-state index is 0.0130. The fourth-order valence-electron chi connectivity index (χ4n) is 2.26. The molecule has 5 nitrogen and oxygen atoms in total. The highest BCUT2D eigenvalue weighted by atomic mass is 35.5. The average molecular weight is 333 g/mol. The lowest BCUT2D eigenvalue weighted by atomic mass is 10.2. The van der Waals surface area contributed by atoms with E-state index < -0.39 is 0 Å². The van der Waals surface area contributed by atoms with E-state index in [1.54, 1.807) is 11.9 Å². The quantitative estimate of drug-likeness (QED) is 0.886. The van der Waals surface area contributed by atoms with Gasteiger partial charge >= 0.3 is 0 Å². The van der Waals surface area contributed by atoms with Gasteiger partial charge in [-0.1, -0.05) is 11.6 Å². The summed E-state index contributed by atoms with van der Waals surface area (Å²) in [4.78, 5) is 17.2. The molecule has 1 aliphatic rings. The van der Waals surface area contributed by atoms with Crippen molar-refractivity contribution in [3.05, 3.63) is 21.3 Å². The third-order valence-electron chi connectivity index (χ3n) is 3.62. The second-order valence-corrected chi connectivity index (χ2v) is 7.17. The molecular weight excluding hydrogens is 312 g/mol. The highest BCUT2D eigenvalue weighted by molar-refractivity contribution is 7.16. The minimum Gasteiger partial charge on any atom is -0.394 e. The first kappa shape index (κ1) is 16.7. The van der Waals surface area contributed by atoms with E-state index in [1.807, 2.05) is 19.1 Å². The number of aliphatic hydroxyl groups is 1. The molecule has 0 aromatic carbocycles. The van der Waals surface area contributed by atoms with Crippen molar-refractivity contribution in [3.8, 4) is 0 Å². The molecule has 7 heteroatoms. The number of carbonyl (C=O) groups is 1. The number of amides is 1. The molecule has 1 aromatic rings. The molecular formula is C14H21ClN2O3S. The molecule has 0 bridgehead atoms. The third-order valence-corrected chi connectivity index (χ3v) is 4.84. The number of ether oxygens (including phenoxy) is 1. The van der Waals surface area contributed by atoms with Gasteiger partial charge in [0.1, 0.15) is 0 Å². The minimum atomic E-state index is -0.199. The van der Waals surface area contributed by atoms with Crippen LogP contribution < -0.4 is 0 Å². The summed E-state index contributed by atoms with van der Waals surface area (Å²) < 4.78 is 6.22. The second kappa shape index (κ2) is 7.56. The van der Waals surface area contributed by atoms with Crippen molar-refractivity contribution in [2.75, 3.05) is 33.4 Å². The Balaban J connectivity index is 1.87. The summed E-state index contributed by atoms with van der Waals surface area (Å²) >= 11 is 7.39. The zero-order chi connectivity index (χ0) is 15.4. The van der Waals surface area contributed by atoms with Gasteiger partial charge in [-0.3, -0.25) is 9.69 Å². The zero-order valence-electron chi connectivity index (χ0n) is 12.3. The normalized spacial score (nSPS) is 23.2. The molecule has 1 aliphatic heterocycles. The maximum Gasteiger partial charge on any atom is 0.236 e. The predicted octanol–water partition coefficient (Wildman–Crippen LogP) is 1.44. The van der Waals surface area contributed by atoms with Crippen LogP contribution in [-0.4, -0.2) is 66.3 Å². The Morgan fingerprint density at radius 3 is 3.00 bits per heavy atom. The molecule has 0 spiro atoms. The summed E-state index contributed by atoms with van der Waals surface area (Å²) in [7, 11) is 1.80. The van der Waals surface area contributed by atoms with E-state index in [0.717, 1.165) is 9.21 Å². The highest BCUT2D eigenvalue weighted by Crippen LogP contribution is 2.22. The second-order valence-electron chi connectivity index (χ2n) is 5.37. The van der Waals surface area contributed by atoms with Crippen LogP contribution in [0.2, 0.25) is 4.34 Å². The predicted molar refractivity (Wildman–Crippen MR) is 83.7 cm³/mol. The van der Waals surface area contributed by atoms with Crippen LogP contribution in [0.1, 0.15) is 11.8 Å². The van der Waals surface area contributed by atoms with Crippen molar-refractivity contribution < 1.29 is 14.6 Å². The smallest absolute Gasteiger partial charge is 0.236 e. The van der Waals surface area contributed by atoms with Gasteiger partial charge in [0.25, 0.3) is 0 Å². The number of likely N-dealkylation sites (N-methyl/N-ethyl adjacent to an activating group) is 1. The average Bonchev–Trinajstić information content (AvgIpc) is 2.86. The molecule has 2 unspecified atom stereocenters. The van der Waals surface area contributed by atoms with Crippen LogP contribution in [0, 0.1) is 0 Å². The molecule has 1 fully saturated rings. The molecule has 0 radical (unpaired) electrons. The van der Waals surface area contributed by atoms with Gasteiger partial charge in [-0.05, 0) is 19.1 Å². The molecule has 118 valence electrons. The Labute approximate surface area is 134 Å². The van der Waals surface area contributed by atoms with Crippen molar-refractivity contribution in [1.29, 1.82) is 0 Å². The maximum absolute atomic E-state index is 12.3.